The Bertz CT molecular complexity index is 3230. The Kier molecular flexibility index (Phi) is 14.9. The van der Waals surface area contributed by atoms with E-state index in [9.17, 15) is 28.8 Å². The third kappa shape index (κ3) is 10.9. The van der Waals surface area contributed by atoms with Crippen LogP contribution in [0.3, 0.4) is 0 Å². The number of fused-ring (bicyclic) bond motifs is 4. The first kappa shape index (κ1) is 55.1. The molecule has 2 aromatic heterocycles. The fourth-order valence-corrected chi connectivity index (χ4v) is 11.8. The van der Waals surface area contributed by atoms with Gasteiger partial charge in [0.1, 0.15) is 35.9 Å². The summed E-state index contributed by atoms with van der Waals surface area (Å²) in [6.45, 7) is 9.11. The van der Waals surface area contributed by atoms with Gasteiger partial charge in [0.15, 0.2) is 23.0 Å². The monoisotopic (exact) mass is 1150 g/mol. The molecule has 6 aliphatic heterocycles. The van der Waals surface area contributed by atoms with Crippen molar-refractivity contribution < 1.29 is 66.7 Å². The van der Waals surface area contributed by atoms with Crippen LogP contribution in [0.15, 0.2) is 85.2 Å². The first-order chi connectivity index (χ1) is 40.6. The molecule has 0 aliphatic carbocycles. The Morgan fingerprint density at radius 1 is 0.571 bits per heavy atom. The van der Waals surface area contributed by atoms with Gasteiger partial charge in [-0.1, -0.05) is 76.2 Å². The van der Waals surface area contributed by atoms with Crippen molar-refractivity contribution in [3.8, 4) is 56.6 Å². The van der Waals surface area contributed by atoms with Crippen LogP contribution in [0.5, 0.6) is 23.0 Å². The van der Waals surface area contributed by atoms with Crippen molar-refractivity contribution in [1.29, 1.82) is 0 Å². The van der Waals surface area contributed by atoms with E-state index in [1.807, 2.05) is 100 Å². The minimum Gasteiger partial charge on any atom is -0.454 e. The van der Waals surface area contributed by atoms with E-state index < -0.39 is 60.7 Å². The number of aromatic amines is 2. The van der Waals surface area contributed by atoms with Gasteiger partial charge in [-0.2, -0.15) is 0 Å². The van der Waals surface area contributed by atoms with Crippen LogP contribution >= 0.6 is 0 Å². The standard InChI is InChI=1S/C60H64N10O14/c1-31(2)51(65-57(73)77-5)55(71)69-27-41(83-59(75)67-23-37-15-47-48(80-29-79-47)16-38(37)24-67)19-45(69)53-61-21-43(63-53)35-11-7-33(8-12-35)34-9-13-36(14-10-34)44-22-62-54(64-44)46-20-42(28-70(46)56(72)52(32(3)4)66-58(74)78-6)84-60(76)68-25-39-17-49-50(82-30-81-49)18-40(39)26-68/h7-18,21-22,31-32,41-42,45-46,51-52H,19-20,23-30H2,1-6H3,(H,61,63)(H,62,64)(H,65,73)(H,66,74)/t41-,42-,45+,46+,51+,52+/m1/s1. The molecule has 6 amide bonds. The van der Waals surface area contributed by atoms with Crippen LogP contribution in [0.2, 0.25) is 0 Å². The van der Waals surface area contributed by atoms with Gasteiger partial charge in [-0.3, -0.25) is 19.4 Å². The highest BCUT2D eigenvalue weighted by atomic mass is 16.7. The summed E-state index contributed by atoms with van der Waals surface area (Å²) in [6, 6.07) is 20.3. The SMILES string of the molecule is COC(=O)N[C@H](C(=O)N1C[C@H](OC(=O)N2Cc3cc4c(cc3C2)OCO4)C[C@H]1c1nc(-c2ccc(-c3ccc(-c4cnc([C@@H]5C[C@@H](OC(=O)N6Cc7cc8c(cc7C6)OCO8)CN5C(=O)[C@@H](NC(=O)OC)C(C)C)[nH]4)cc3)cc2)c[nH]1)C(C)C. The first-order valence-electron chi connectivity index (χ1n) is 27.9. The lowest BCUT2D eigenvalue weighted by atomic mass is 10.0. The summed E-state index contributed by atoms with van der Waals surface area (Å²) >= 11 is 0. The van der Waals surface area contributed by atoms with E-state index in [0.717, 1.165) is 44.5 Å². The highest BCUT2D eigenvalue weighted by Gasteiger charge is 2.46. The van der Waals surface area contributed by atoms with Crippen LogP contribution in [0.25, 0.3) is 33.6 Å². The van der Waals surface area contributed by atoms with Gasteiger partial charge in [-0.15, -0.1) is 0 Å². The smallest absolute Gasteiger partial charge is 0.410 e. The molecular weight excluding hydrogens is 1080 g/mol. The lowest BCUT2D eigenvalue weighted by molar-refractivity contribution is -0.136. The molecule has 2 fully saturated rings. The third-order valence-corrected chi connectivity index (χ3v) is 16.3. The number of benzene rings is 4. The van der Waals surface area contributed by atoms with Crippen molar-refractivity contribution in [3.63, 3.8) is 0 Å². The minimum atomic E-state index is -0.925. The molecule has 0 bridgehead atoms. The van der Waals surface area contributed by atoms with E-state index in [-0.39, 0.29) is 63.2 Å². The highest BCUT2D eigenvalue weighted by Crippen LogP contribution is 2.42. The molecule has 24 nitrogen and oxygen atoms in total. The average molecular weight is 1150 g/mol. The topological polar surface area (TPSA) is 271 Å². The van der Waals surface area contributed by atoms with Crippen molar-refractivity contribution in [3.05, 3.63) is 119 Å². The van der Waals surface area contributed by atoms with Gasteiger partial charge >= 0.3 is 24.4 Å². The second kappa shape index (κ2) is 22.7. The van der Waals surface area contributed by atoms with E-state index in [1.165, 1.54) is 14.2 Å². The lowest BCUT2D eigenvalue weighted by Gasteiger charge is -2.29. The van der Waals surface area contributed by atoms with E-state index in [1.54, 1.807) is 32.0 Å². The number of methoxy groups -OCH3 is 2. The van der Waals surface area contributed by atoms with Gasteiger partial charge in [0, 0.05) is 50.8 Å². The lowest BCUT2D eigenvalue weighted by Crippen LogP contribution is -2.51. The van der Waals surface area contributed by atoms with Crippen molar-refractivity contribution in [2.24, 2.45) is 11.8 Å². The summed E-state index contributed by atoms with van der Waals surface area (Å²) in [5.41, 5.74) is 8.66. The number of H-pyrrole nitrogens is 2. The number of carbonyl (C=O) groups is 6. The van der Waals surface area contributed by atoms with Gasteiger partial charge in [-0.25, -0.2) is 29.1 Å². The Morgan fingerprint density at radius 3 is 1.39 bits per heavy atom. The van der Waals surface area contributed by atoms with E-state index in [4.69, 9.17) is 47.9 Å². The molecule has 4 aromatic carbocycles. The molecular formula is C60H64N10O14. The number of carbonyl (C=O) groups excluding carboxylic acids is 6. The molecule has 8 heterocycles. The number of likely N-dealkylation sites (tertiary alicyclic amines) is 2. The number of nitrogens with one attached hydrogen (secondary N) is 4. The number of rotatable bonds is 13. The van der Waals surface area contributed by atoms with E-state index in [2.05, 4.69) is 20.6 Å². The quantitative estimate of drug-likeness (QED) is 0.0799. The van der Waals surface area contributed by atoms with Gasteiger partial charge < -0.3 is 68.3 Å². The van der Waals surface area contributed by atoms with Crippen LogP contribution in [-0.2, 0) is 54.7 Å². The van der Waals surface area contributed by atoms with Crippen LogP contribution < -0.4 is 29.6 Å². The molecule has 2 saturated heterocycles. The number of hydrogen-bond acceptors (Lipinski definition) is 16. The Balaban J connectivity index is 0.721. The van der Waals surface area contributed by atoms with Crippen LogP contribution in [0.4, 0.5) is 19.2 Å². The predicted molar refractivity (Wildman–Crippen MR) is 298 cm³/mol. The number of alkyl carbamates (subject to hydrolysis) is 2. The van der Waals surface area contributed by atoms with Gasteiger partial charge in [0.2, 0.25) is 25.4 Å². The third-order valence-electron chi connectivity index (χ3n) is 16.3. The van der Waals surface area contributed by atoms with Gasteiger partial charge in [0.25, 0.3) is 0 Å². The Labute approximate surface area is 483 Å². The molecule has 0 saturated carbocycles. The van der Waals surface area contributed by atoms with Crippen molar-refractivity contribution in [1.82, 2.24) is 50.2 Å². The zero-order chi connectivity index (χ0) is 58.5. The number of nitrogens with zero attached hydrogens (tertiary/aromatic N) is 6. The predicted octanol–water partition coefficient (Wildman–Crippen LogP) is 7.94. The molecule has 4 N–H and O–H groups in total. The molecule has 6 atom stereocenters. The second-order valence-corrected chi connectivity index (χ2v) is 22.4. The second-order valence-electron chi connectivity index (χ2n) is 22.4. The molecule has 24 heteroatoms. The Morgan fingerprint density at radius 2 is 0.976 bits per heavy atom. The van der Waals surface area contributed by atoms with Crippen molar-refractivity contribution in [2.75, 3.05) is 40.9 Å². The summed E-state index contributed by atoms with van der Waals surface area (Å²) in [5, 5.41) is 5.37. The van der Waals surface area contributed by atoms with Gasteiger partial charge in [0.05, 0.1) is 57.0 Å². The summed E-state index contributed by atoms with van der Waals surface area (Å²) in [5.74, 6) is 2.22. The number of amides is 6. The fraction of sp³-hybridized carbons (Fsp3) is 0.400. The van der Waals surface area contributed by atoms with Crippen LogP contribution in [0, 0.1) is 11.8 Å². The van der Waals surface area contributed by atoms with E-state index in [0.29, 0.717) is 72.2 Å². The van der Waals surface area contributed by atoms with Gasteiger partial charge in [-0.05, 0) is 75.0 Å². The summed E-state index contributed by atoms with van der Waals surface area (Å²) < 4.78 is 44.1. The molecule has 0 unspecified atom stereocenters. The summed E-state index contributed by atoms with van der Waals surface area (Å²) in [4.78, 5) is 104. The van der Waals surface area contributed by atoms with Crippen molar-refractivity contribution in [2.45, 2.75) is 103 Å². The number of hydrogen-bond donors (Lipinski definition) is 4. The fourth-order valence-electron chi connectivity index (χ4n) is 11.8. The number of ether oxygens (including phenoxy) is 8. The molecule has 0 radical (unpaired) electrons. The Hall–Kier alpha value is -9.48. The maximum Gasteiger partial charge on any atom is 0.410 e. The van der Waals surface area contributed by atoms with Crippen LogP contribution in [0.1, 0.15) is 86.5 Å². The molecule has 0 spiro atoms. The first-order valence-corrected chi connectivity index (χ1v) is 27.9. The minimum absolute atomic E-state index is 0.0734. The molecule has 6 aromatic rings. The zero-order valence-electron chi connectivity index (χ0n) is 47.2. The number of aromatic nitrogens is 4. The average Bonchev–Trinajstić information content (AvgIpc) is 4.53. The maximum absolute atomic E-state index is 14.4. The summed E-state index contributed by atoms with van der Waals surface area (Å²) in [7, 11) is 2.48. The largest absolute Gasteiger partial charge is 0.454 e. The van der Waals surface area contributed by atoms with Crippen molar-refractivity contribution >= 4 is 36.2 Å². The van der Waals surface area contributed by atoms with E-state index >= 15 is 0 Å². The highest BCUT2D eigenvalue weighted by molar-refractivity contribution is 5.87. The van der Waals surface area contributed by atoms with Crippen LogP contribution in [-0.4, -0.2) is 141 Å². The molecule has 84 heavy (non-hydrogen) atoms. The normalized spacial score (nSPS) is 19.8. The molecule has 6 aliphatic rings. The summed E-state index contributed by atoms with van der Waals surface area (Å²) in [6.07, 6.45) is 0.129. The maximum atomic E-state index is 14.4. The molecule has 12 rings (SSSR count). The molecule has 438 valence electrons. The number of imidazole rings is 2. The zero-order valence-corrected chi connectivity index (χ0v) is 47.2.